The number of anilines is 6. The molecule has 9 rings (SSSR count). The first kappa shape index (κ1) is 108. The largest absolute Gasteiger partial charge is 0.481 e. The van der Waals surface area contributed by atoms with E-state index >= 15 is 0 Å². The molecule has 0 saturated heterocycles. The summed E-state index contributed by atoms with van der Waals surface area (Å²) >= 11 is 0. The monoisotopic (exact) mass is 1810 g/mol. The number of methoxy groups -OCH3 is 2. The number of hydrogen-bond acceptors (Lipinski definition) is 39. The number of nitrogens with two attached hydrogens (primary N) is 6. The van der Waals surface area contributed by atoms with Crippen LogP contribution in [-0.4, -0.2) is 269 Å². The van der Waals surface area contributed by atoms with Crippen molar-refractivity contribution in [2.24, 2.45) is 17.2 Å². The van der Waals surface area contributed by atoms with Gasteiger partial charge in [0.1, 0.15) is 29.7 Å². The van der Waals surface area contributed by atoms with Crippen LogP contribution in [0.15, 0.2) is 106 Å². The summed E-state index contributed by atoms with van der Waals surface area (Å²) in [5.74, 6) is -7.41. The smallest absolute Gasteiger partial charge is 0.406 e. The highest BCUT2D eigenvalue weighted by atomic mass is 16.5. The Kier molecular flexibility index (Phi) is 51.0. The third-order valence-corrected chi connectivity index (χ3v) is 16.8. The number of ether oxygens (including phenoxy) is 5. The number of amides is 4. The number of H-pyrrole nitrogens is 3. The van der Waals surface area contributed by atoms with E-state index in [1.54, 1.807) is 36.4 Å². The minimum absolute atomic E-state index is 0.00454. The minimum atomic E-state index is -1.31. The van der Waals surface area contributed by atoms with Crippen LogP contribution in [-0.2, 0) is 76.9 Å². The van der Waals surface area contributed by atoms with Crippen LogP contribution >= 0.6 is 0 Å². The lowest BCUT2D eigenvalue weighted by molar-refractivity contribution is -0.142. The Morgan fingerprint density at radius 3 is 0.946 bits per heavy atom. The summed E-state index contributed by atoms with van der Waals surface area (Å²) in [7, 11) is 6.14. The van der Waals surface area contributed by atoms with Crippen LogP contribution in [0.5, 0.6) is 0 Å². The Hall–Kier alpha value is -14.8. The maximum Gasteiger partial charge on any atom is 0.406 e. The molecule has 0 spiro atoms. The maximum absolute atomic E-state index is 12.6. The second kappa shape index (κ2) is 60.7. The number of aromatic nitrogens is 12. The maximum atomic E-state index is 12.6. The topological polar surface area (TPSA) is 810 Å². The summed E-state index contributed by atoms with van der Waals surface area (Å²) in [5, 5.41) is 69.6. The van der Waals surface area contributed by atoms with E-state index in [1.165, 1.54) is 76.3 Å². The molecule has 50 heteroatoms. The third-order valence-electron chi connectivity index (χ3n) is 16.8. The number of nitrogens with one attached hydrogen (secondary N) is 10. The number of nitrogens with zero attached hydrogens (tertiary/aromatic N) is 9. The molecule has 0 bridgehead atoms. The van der Waals surface area contributed by atoms with Crippen LogP contribution in [0, 0.1) is 0 Å². The molecular formula is C79H109N25O25. The molecule has 0 radical (unpaired) electrons. The number of carboxylic acid groups (broad SMARTS) is 4. The van der Waals surface area contributed by atoms with Crippen LogP contribution in [0.3, 0.4) is 0 Å². The average Bonchev–Trinajstić information content (AvgIpc) is 0.819. The van der Waals surface area contributed by atoms with Gasteiger partial charge in [-0.15, -0.1) is 0 Å². The molecule has 9 aromatic rings. The van der Waals surface area contributed by atoms with Gasteiger partial charge in [0.25, 0.3) is 34.4 Å². The summed E-state index contributed by atoms with van der Waals surface area (Å²) in [6.45, 7) is 5.09. The highest BCUT2D eigenvalue weighted by molar-refractivity contribution is 5.99. The van der Waals surface area contributed by atoms with Gasteiger partial charge in [0.2, 0.25) is 17.8 Å². The summed E-state index contributed by atoms with van der Waals surface area (Å²) in [5.41, 5.74) is 35.2. The number of alkyl carbamates (subject to hydrolysis) is 1. The molecule has 700 valence electrons. The average molecular weight is 1810 g/mol. The van der Waals surface area contributed by atoms with Gasteiger partial charge >= 0.3 is 35.9 Å². The summed E-state index contributed by atoms with van der Waals surface area (Å²) in [6.07, 6.45) is 5.61. The fraction of sp³-hybridized carbons (Fsp3) is 0.405. The molecule has 0 aliphatic heterocycles. The van der Waals surface area contributed by atoms with E-state index < -0.39 is 82.5 Å². The molecule has 129 heavy (non-hydrogen) atoms. The van der Waals surface area contributed by atoms with Gasteiger partial charge in [0.15, 0.2) is 33.5 Å². The van der Waals surface area contributed by atoms with Gasteiger partial charge in [-0.05, 0) is 111 Å². The number of ketones is 2. The fourth-order valence-corrected chi connectivity index (χ4v) is 10.4. The highest BCUT2D eigenvalue weighted by Crippen LogP contribution is 2.18. The zero-order valence-corrected chi connectivity index (χ0v) is 71.3. The molecule has 6 heterocycles. The van der Waals surface area contributed by atoms with Crippen molar-refractivity contribution in [3.63, 3.8) is 0 Å². The predicted molar refractivity (Wildman–Crippen MR) is 468 cm³/mol. The molecule has 4 amide bonds. The van der Waals surface area contributed by atoms with Crippen molar-refractivity contribution in [1.82, 2.24) is 81.1 Å². The van der Waals surface area contributed by atoms with Gasteiger partial charge in [-0.3, -0.25) is 62.9 Å². The van der Waals surface area contributed by atoms with E-state index in [-0.39, 0.29) is 163 Å². The number of hydrogen-bond donors (Lipinski definition) is 22. The molecule has 50 nitrogen and oxygen atoms in total. The van der Waals surface area contributed by atoms with E-state index in [4.69, 9.17) is 69.0 Å². The van der Waals surface area contributed by atoms with Crippen LogP contribution in [0.1, 0.15) is 125 Å². The first-order valence-corrected chi connectivity index (χ1v) is 39.4. The molecule has 28 N–H and O–H groups in total. The van der Waals surface area contributed by atoms with Crippen molar-refractivity contribution < 1.29 is 107 Å². The van der Waals surface area contributed by atoms with E-state index in [0.29, 0.717) is 113 Å². The first-order valence-electron chi connectivity index (χ1n) is 39.4. The lowest BCUT2D eigenvalue weighted by Crippen LogP contribution is -2.41. The number of aliphatic hydroxyl groups excluding tert-OH is 2. The van der Waals surface area contributed by atoms with Crippen molar-refractivity contribution in [2.75, 3.05) is 128 Å². The summed E-state index contributed by atoms with van der Waals surface area (Å²) < 4.78 is 24.2. The van der Waals surface area contributed by atoms with Crippen molar-refractivity contribution in [3.8, 4) is 0 Å². The number of benzene rings is 3. The van der Waals surface area contributed by atoms with E-state index in [0.717, 1.165) is 14.2 Å². The number of aliphatic hydroxyl groups is 2. The zero-order valence-electron chi connectivity index (χ0n) is 71.3. The van der Waals surface area contributed by atoms with E-state index in [9.17, 15) is 77.3 Å². The number of Topliss-reactive ketones (excluding diaryl/α,β-unsaturated/α-hetero) is 2. The van der Waals surface area contributed by atoms with Gasteiger partial charge < -0.3 is 126 Å². The minimum Gasteiger partial charge on any atom is -0.481 e. The number of rotatable bonds is 45. The quantitative estimate of drug-likeness (QED) is 0.0168. The predicted octanol–water partition coefficient (Wildman–Crippen LogP) is -0.550. The Balaban J connectivity index is 0.000000459. The lowest BCUT2D eigenvalue weighted by atomic mass is 10.1. The lowest BCUT2D eigenvalue weighted by Gasteiger charge is -2.14. The number of carbonyl (C=O) groups is 11. The summed E-state index contributed by atoms with van der Waals surface area (Å²) in [6, 6.07) is 15.1. The second-order valence-electron chi connectivity index (χ2n) is 26.3. The van der Waals surface area contributed by atoms with E-state index in [2.05, 4.69) is 106 Å². The molecule has 3 aromatic carbocycles. The van der Waals surface area contributed by atoms with Crippen molar-refractivity contribution in [2.45, 2.75) is 115 Å². The van der Waals surface area contributed by atoms with E-state index in [1.807, 2.05) is 0 Å². The molecule has 0 aliphatic carbocycles. The standard InChI is InChI=1S/C27H33N7O8.C24H30N8O6.C19H19N7O6.C4H12N2O.C3H7NO2.2CH4O/c1-41-21(36)5-3-13-42-12-2-4-19(35)10-11-20(26(39)40)32-24(37)16-6-8-17(9-7-16)29-14-18-15-30-23-22(31-18)25(38)34-27(28)33-23;25-9-11-38-10-1-2-17(33)7-8-18(23(36)37)30-21(34)14-3-5-15(6-4-14)27-12-16-13-28-20-19(29-16)22(35)32-24(26)31-20;20-19-25-15-14(17(30)26-19)23-11(8-22-15)7-21-10-3-1-9(2-4-10)16(29)24-12(18(31)32)5-6-13(27)28;5-1-3-7-4-2-6;1-4-3(5)6-2;2*1-2/h6-9,15,20,29H,2-5,10-14H2,1H3,(H,32,37)(H,39,40)(H3,28,30,33,34,38);3-6,13,18,27H,1-2,7-12,25H2,(H,30,34)(H,36,37)(H3,26,28,31,32,35);1-4,8,12,21H,5-7H2,(H,24,29)(H,27,28)(H,31,32)(H3,20,22,25,26,30);1-6H2;1-2H3,(H,4,5);2*2H,1H3/t20-;18-;12-;;;;/m000..../s1. The zero-order chi connectivity index (χ0) is 95.8. The molecule has 6 aromatic heterocycles. The van der Waals surface area contributed by atoms with Gasteiger partial charge in [0.05, 0.1) is 89.3 Å². The van der Waals surface area contributed by atoms with Crippen molar-refractivity contribution in [1.29, 1.82) is 0 Å². The van der Waals surface area contributed by atoms with Gasteiger partial charge in [0, 0.05) is 133 Å². The Morgan fingerprint density at radius 2 is 0.682 bits per heavy atom. The Labute approximate surface area is 735 Å². The normalized spacial score (nSPS) is 11.0. The summed E-state index contributed by atoms with van der Waals surface area (Å²) in [4.78, 5) is 207. The van der Waals surface area contributed by atoms with Crippen molar-refractivity contribution in [3.05, 3.63) is 156 Å². The van der Waals surface area contributed by atoms with Gasteiger partial charge in [-0.2, -0.15) is 15.0 Å². The number of fused-ring (bicyclic) bond motifs is 3. The fourth-order valence-electron chi connectivity index (χ4n) is 10.4. The van der Waals surface area contributed by atoms with Crippen LogP contribution < -0.4 is 88.3 Å². The number of aromatic amines is 3. The highest BCUT2D eigenvalue weighted by Gasteiger charge is 2.26. The molecule has 0 fully saturated rings. The molecule has 3 atom stereocenters. The SMILES string of the molecule is CNC(=O)OC.CO.CO.COC(=O)CCCOCCCC(=O)CC[C@H](NC(=O)c1ccc(NCc2cnc3nc(N)[nH]c(=O)c3n2)cc1)C(=O)O.NCCOCCCC(=O)CC[C@H](NC(=O)c1ccc(NCc2cnc3nc(N)[nH]c(=O)c3n2)cc1)C(=O)O.NCCOCCN.Nc1nc2ncc(CNc3ccc(C(=O)N[C@@H](CCC(=O)O)C(=O)O)cc3)nc2c(=O)[nH]1. The molecule has 0 unspecified atom stereocenters. The second-order valence-corrected chi connectivity index (χ2v) is 26.3. The van der Waals surface area contributed by atoms with Gasteiger partial charge in [-0.1, -0.05) is 0 Å². The number of carbonyl (C=O) groups excluding carboxylic acids is 7. The van der Waals surface area contributed by atoms with Crippen LogP contribution in [0.25, 0.3) is 33.5 Å². The van der Waals surface area contributed by atoms with Gasteiger partial charge in [-0.25, -0.2) is 49.1 Å². The molecular weight excluding hydrogens is 1700 g/mol. The van der Waals surface area contributed by atoms with Crippen molar-refractivity contribution >= 4 is 134 Å². The number of esters is 1. The number of nitrogen functional groups attached to an aromatic ring is 3. The first-order chi connectivity index (χ1) is 61.9. The molecule has 0 aliphatic rings. The van der Waals surface area contributed by atoms with Crippen LogP contribution in [0.4, 0.5) is 39.7 Å². The Morgan fingerprint density at radius 1 is 0.395 bits per heavy atom. The number of aliphatic carboxylic acids is 4. The number of carboxylic acids is 4. The third kappa shape index (κ3) is 41.7. The Bertz CT molecular complexity index is 5260. The molecule has 0 saturated carbocycles. The van der Waals surface area contributed by atoms with Crippen LogP contribution in [0.2, 0.25) is 0 Å².